The molecule has 0 spiro atoms. The van der Waals surface area contributed by atoms with Crippen LogP contribution in [0, 0.1) is 30.1 Å². The van der Waals surface area contributed by atoms with Crippen LogP contribution in [0.3, 0.4) is 0 Å². The number of nitrogens with zero attached hydrogens (tertiary/aromatic N) is 1. The number of amides is 3. The first-order valence-electron chi connectivity index (χ1n) is 11.7. The van der Waals surface area contributed by atoms with E-state index in [0.717, 1.165) is 11.1 Å². The van der Waals surface area contributed by atoms with Crippen molar-refractivity contribution in [1.82, 2.24) is 15.5 Å². The minimum Gasteiger partial charge on any atom is -0.394 e. The first-order valence-corrected chi connectivity index (χ1v) is 11.7. The van der Waals surface area contributed by atoms with Gasteiger partial charge in [-0.1, -0.05) is 43.7 Å². The number of benzene rings is 1. The van der Waals surface area contributed by atoms with Gasteiger partial charge in [-0.3, -0.25) is 14.4 Å². The van der Waals surface area contributed by atoms with Crippen molar-refractivity contribution in [3.05, 3.63) is 35.4 Å². The third-order valence-electron chi connectivity index (χ3n) is 7.97. The maximum atomic E-state index is 13.5. The van der Waals surface area contributed by atoms with Crippen LogP contribution in [0.25, 0.3) is 0 Å². The fourth-order valence-corrected chi connectivity index (χ4v) is 5.82. The smallest absolute Gasteiger partial charge is 0.243 e. The topological polar surface area (TPSA) is 98.7 Å². The zero-order valence-electron chi connectivity index (χ0n) is 19.4. The molecule has 2 aliphatic heterocycles. The standard InChI is InChI=1S/C25H35N3O4/c1-14-6-5-7-16(10-14)15(2)24(32)28-12-19-20(25(19,3)4)21(28)23(31)27-18(13-29)11-17-8-9-26-22(17)30/h5-7,10,15,17-21,29H,8-9,11-13H2,1-4H3,(H,26,30)(H,27,31)/t15-,17+,18+,19+,20+,21+/m1/s1. The number of carbonyl (C=O) groups is 3. The highest BCUT2D eigenvalue weighted by atomic mass is 16.3. The third kappa shape index (κ3) is 4.03. The summed E-state index contributed by atoms with van der Waals surface area (Å²) in [5.74, 6) is -0.377. The number of aryl methyl sites for hydroxylation is 1. The highest BCUT2D eigenvalue weighted by molar-refractivity contribution is 5.92. The van der Waals surface area contributed by atoms with Crippen LogP contribution in [0.4, 0.5) is 0 Å². The summed E-state index contributed by atoms with van der Waals surface area (Å²) >= 11 is 0. The molecule has 2 saturated heterocycles. The van der Waals surface area contributed by atoms with Gasteiger partial charge < -0.3 is 20.6 Å². The Balaban J connectivity index is 1.49. The van der Waals surface area contributed by atoms with E-state index in [1.807, 2.05) is 38.1 Å². The van der Waals surface area contributed by atoms with Crippen LogP contribution in [-0.4, -0.2) is 59.5 Å². The van der Waals surface area contributed by atoms with Crippen LogP contribution in [-0.2, 0) is 14.4 Å². The molecule has 174 valence electrons. The molecule has 32 heavy (non-hydrogen) atoms. The van der Waals surface area contributed by atoms with Gasteiger partial charge in [0, 0.05) is 19.0 Å². The number of aliphatic hydroxyl groups is 1. The normalized spacial score (nSPS) is 29.8. The summed E-state index contributed by atoms with van der Waals surface area (Å²) in [7, 11) is 0. The summed E-state index contributed by atoms with van der Waals surface area (Å²) in [6.45, 7) is 9.20. The number of rotatable bonds is 7. The Kier molecular flexibility index (Phi) is 6.05. The number of piperidine rings is 1. The molecule has 1 saturated carbocycles. The molecular formula is C25H35N3O4. The highest BCUT2D eigenvalue weighted by Crippen LogP contribution is 2.65. The van der Waals surface area contributed by atoms with Crippen LogP contribution >= 0.6 is 0 Å². The second-order valence-electron chi connectivity index (χ2n) is 10.4. The third-order valence-corrected chi connectivity index (χ3v) is 7.97. The van der Waals surface area contributed by atoms with E-state index < -0.39 is 12.1 Å². The molecule has 0 bridgehead atoms. The minimum absolute atomic E-state index is 0.0193. The van der Waals surface area contributed by atoms with E-state index in [4.69, 9.17) is 0 Å². The van der Waals surface area contributed by atoms with Crippen LogP contribution < -0.4 is 10.6 Å². The maximum Gasteiger partial charge on any atom is 0.243 e. The van der Waals surface area contributed by atoms with Crippen molar-refractivity contribution in [2.45, 2.75) is 58.5 Å². The fourth-order valence-electron chi connectivity index (χ4n) is 5.82. The van der Waals surface area contributed by atoms with Gasteiger partial charge in [-0.2, -0.15) is 0 Å². The lowest BCUT2D eigenvalue weighted by atomic mass is 9.94. The molecule has 3 fully saturated rings. The van der Waals surface area contributed by atoms with E-state index >= 15 is 0 Å². The number of nitrogens with one attached hydrogen (secondary N) is 2. The largest absolute Gasteiger partial charge is 0.394 e. The molecule has 0 radical (unpaired) electrons. The molecule has 7 nitrogen and oxygen atoms in total. The number of likely N-dealkylation sites (tertiary alicyclic amines) is 1. The lowest BCUT2D eigenvalue weighted by Crippen LogP contribution is -2.53. The number of carbonyl (C=O) groups excluding carboxylic acids is 3. The van der Waals surface area contributed by atoms with Crippen molar-refractivity contribution in [2.24, 2.45) is 23.2 Å². The van der Waals surface area contributed by atoms with Gasteiger partial charge in [0.1, 0.15) is 6.04 Å². The van der Waals surface area contributed by atoms with E-state index in [-0.39, 0.29) is 47.5 Å². The van der Waals surface area contributed by atoms with Crippen molar-refractivity contribution >= 4 is 17.7 Å². The second-order valence-corrected chi connectivity index (χ2v) is 10.4. The molecule has 1 aliphatic carbocycles. The van der Waals surface area contributed by atoms with Gasteiger partial charge >= 0.3 is 0 Å². The zero-order valence-corrected chi connectivity index (χ0v) is 19.4. The van der Waals surface area contributed by atoms with Crippen LogP contribution in [0.15, 0.2) is 24.3 Å². The summed E-state index contributed by atoms with van der Waals surface area (Å²) < 4.78 is 0. The number of fused-ring (bicyclic) bond motifs is 1. The zero-order chi connectivity index (χ0) is 23.2. The van der Waals surface area contributed by atoms with Crippen molar-refractivity contribution < 1.29 is 19.5 Å². The molecule has 0 aromatic heterocycles. The summed E-state index contributed by atoms with van der Waals surface area (Å²) in [6.07, 6.45) is 1.12. The monoisotopic (exact) mass is 441 g/mol. The maximum absolute atomic E-state index is 13.5. The predicted molar refractivity (Wildman–Crippen MR) is 121 cm³/mol. The Labute approximate surface area is 189 Å². The van der Waals surface area contributed by atoms with Gasteiger partial charge in [0.25, 0.3) is 0 Å². The quantitative estimate of drug-likeness (QED) is 0.598. The summed E-state index contributed by atoms with van der Waals surface area (Å²) in [5.41, 5.74) is 2.07. The van der Waals surface area contributed by atoms with E-state index in [0.29, 0.717) is 31.8 Å². The van der Waals surface area contributed by atoms with E-state index in [9.17, 15) is 19.5 Å². The Morgan fingerprint density at radius 3 is 2.72 bits per heavy atom. The van der Waals surface area contributed by atoms with Crippen molar-refractivity contribution in [2.75, 3.05) is 19.7 Å². The molecule has 3 N–H and O–H groups in total. The summed E-state index contributed by atoms with van der Waals surface area (Å²) in [6, 6.07) is 6.90. The van der Waals surface area contributed by atoms with Gasteiger partial charge in [-0.25, -0.2) is 0 Å². The van der Waals surface area contributed by atoms with E-state index in [2.05, 4.69) is 24.5 Å². The molecular weight excluding hydrogens is 406 g/mol. The summed E-state index contributed by atoms with van der Waals surface area (Å²) in [5, 5.41) is 15.6. The Hall–Kier alpha value is -2.41. The molecule has 6 atom stereocenters. The molecule has 4 rings (SSSR count). The highest BCUT2D eigenvalue weighted by Gasteiger charge is 2.69. The SMILES string of the molecule is Cc1cccc([C@@H](C)C(=O)N2C[C@H]3[C@@H]([C@H]2C(=O)N[C@H](CO)C[C@@H]2CCNC2=O)C3(C)C)c1. The molecule has 1 aromatic rings. The molecule has 2 heterocycles. The van der Waals surface area contributed by atoms with E-state index in [1.54, 1.807) is 4.90 Å². The van der Waals surface area contributed by atoms with Gasteiger partial charge in [-0.15, -0.1) is 0 Å². The van der Waals surface area contributed by atoms with Gasteiger partial charge in [-0.05, 0) is 49.5 Å². The van der Waals surface area contributed by atoms with Crippen LogP contribution in [0.5, 0.6) is 0 Å². The molecule has 0 unspecified atom stereocenters. The van der Waals surface area contributed by atoms with Gasteiger partial charge in [0.2, 0.25) is 17.7 Å². The van der Waals surface area contributed by atoms with Crippen molar-refractivity contribution in [3.8, 4) is 0 Å². The average Bonchev–Trinajstić information content (AvgIpc) is 3.12. The molecule has 7 heteroatoms. The lowest BCUT2D eigenvalue weighted by molar-refractivity contribution is -0.141. The Morgan fingerprint density at radius 1 is 1.34 bits per heavy atom. The van der Waals surface area contributed by atoms with Gasteiger partial charge in [0.05, 0.1) is 18.6 Å². The molecule has 3 amide bonds. The van der Waals surface area contributed by atoms with E-state index in [1.165, 1.54) is 0 Å². The van der Waals surface area contributed by atoms with Crippen molar-refractivity contribution in [1.29, 1.82) is 0 Å². The van der Waals surface area contributed by atoms with Gasteiger partial charge in [0.15, 0.2) is 0 Å². The van der Waals surface area contributed by atoms with Crippen LogP contribution in [0.1, 0.15) is 50.7 Å². The first-order chi connectivity index (χ1) is 15.1. The van der Waals surface area contributed by atoms with Crippen molar-refractivity contribution in [3.63, 3.8) is 0 Å². The minimum atomic E-state index is -0.541. The number of hydrogen-bond acceptors (Lipinski definition) is 4. The Bertz CT molecular complexity index is 914. The number of aliphatic hydroxyl groups excluding tert-OH is 1. The fraction of sp³-hybridized carbons (Fsp3) is 0.640. The van der Waals surface area contributed by atoms with Crippen LogP contribution in [0.2, 0.25) is 0 Å². The predicted octanol–water partition coefficient (Wildman–Crippen LogP) is 1.58. The summed E-state index contributed by atoms with van der Waals surface area (Å²) in [4.78, 5) is 40.6. The number of hydrogen-bond donors (Lipinski definition) is 3. The molecule has 3 aliphatic rings. The average molecular weight is 442 g/mol. The lowest BCUT2D eigenvalue weighted by Gasteiger charge is -2.33. The Morgan fingerprint density at radius 2 is 2.09 bits per heavy atom. The first kappa shape index (κ1) is 22.8. The molecule has 1 aromatic carbocycles. The second kappa shape index (κ2) is 8.50.